The van der Waals surface area contributed by atoms with E-state index in [-0.39, 0.29) is 0 Å². The predicted octanol–water partition coefficient (Wildman–Crippen LogP) is 6.31. The molecule has 0 unspecified atom stereocenters. The maximum Gasteiger partial charge on any atom is 0.143 e. The van der Waals surface area contributed by atoms with Gasteiger partial charge in [0, 0.05) is 16.2 Å². The Balaban J connectivity index is 1.74. The van der Waals surface area contributed by atoms with Crippen molar-refractivity contribution in [3.05, 3.63) is 83.9 Å². The predicted molar refractivity (Wildman–Crippen MR) is 99.5 cm³/mol. The maximum atomic E-state index is 6.20. The quantitative estimate of drug-likeness (QED) is 0.320. The van der Waals surface area contributed by atoms with Gasteiger partial charge in [-0.1, -0.05) is 48.5 Å². The molecule has 5 aromatic rings. The Morgan fingerprint density at radius 1 is 0.625 bits per heavy atom. The number of hydrogen-bond donors (Lipinski definition) is 0. The minimum Gasteiger partial charge on any atom is -0.455 e. The summed E-state index contributed by atoms with van der Waals surface area (Å²) in [5, 5.41) is 4.86. The summed E-state index contributed by atoms with van der Waals surface area (Å²) < 4.78 is 6.20. The Kier molecular flexibility index (Phi) is 2.20. The molecule has 1 nitrogen and oxygen atoms in total. The molecule has 112 valence electrons. The normalized spacial score (nSPS) is 12.8. The molecule has 1 heteroatoms. The highest BCUT2D eigenvalue weighted by Gasteiger charge is 2.20. The summed E-state index contributed by atoms with van der Waals surface area (Å²) in [5.74, 6) is 0. The van der Waals surface area contributed by atoms with Crippen molar-refractivity contribution < 1.29 is 4.42 Å². The molecule has 0 aliphatic heterocycles. The van der Waals surface area contributed by atoms with Crippen molar-refractivity contribution in [1.82, 2.24) is 0 Å². The first kappa shape index (κ1) is 12.4. The van der Waals surface area contributed by atoms with E-state index >= 15 is 0 Å². The van der Waals surface area contributed by atoms with Crippen LogP contribution in [0, 0.1) is 0 Å². The van der Waals surface area contributed by atoms with Crippen LogP contribution in [0.1, 0.15) is 11.1 Å². The zero-order valence-corrected chi connectivity index (χ0v) is 13.0. The van der Waals surface area contributed by atoms with Crippen molar-refractivity contribution in [3.8, 4) is 11.1 Å². The highest BCUT2D eigenvalue weighted by atomic mass is 16.3. The van der Waals surface area contributed by atoms with Gasteiger partial charge in [0.2, 0.25) is 0 Å². The topological polar surface area (TPSA) is 13.1 Å². The van der Waals surface area contributed by atoms with Crippen molar-refractivity contribution in [3.63, 3.8) is 0 Å². The SMILES string of the molecule is c1ccc2c(c1)Cc1cc3c(ccc4c5ccccc5oc34)cc1-2. The van der Waals surface area contributed by atoms with E-state index in [1.54, 1.807) is 0 Å². The smallest absolute Gasteiger partial charge is 0.143 e. The van der Waals surface area contributed by atoms with Gasteiger partial charge in [-0.05, 0) is 58.3 Å². The minimum absolute atomic E-state index is 0.962. The first-order valence-corrected chi connectivity index (χ1v) is 8.34. The fourth-order valence-electron chi connectivity index (χ4n) is 4.14. The van der Waals surface area contributed by atoms with Gasteiger partial charge in [-0.3, -0.25) is 0 Å². The van der Waals surface area contributed by atoms with Crippen LogP contribution in [0.5, 0.6) is 0 Å². The molecule has 0 bridgehead atoms. The molecule has 0 fully saturated rings. The minimum atomic E-state index is 0.962. The molecular formula is C23H14O. The molecule has 0 amide bonds. The molecule has 1 aliphatic rings. The van der Waals surface area contributed by atoms with Crippen LogP contribution in [-0.4, -0.2) is 0 Å². The average molecular weight is 306 g/mol. The van der Waals surface area contributed by atoms with Crippen molar-refractivity contribution in [2.24, 2.45) is 0 Å². The third-order valence-electron chi connectivity index (χ3n) is 5.27. The van der Waals surface area contributed by atoms with E-state index in [0.717, 1.165) is 17.6 Å². The molecular weight excluding hydrogens is 292 g/mol. The summed E-state index contributed by atoms with van der Waals surface area (Å²) in [6.45, 7) is 0. The largest absolute Gasteiger partial charge is 0.455 e. The molecule has 0 saturated carbocycles. The van der Waals surface area contributed by atoms with E-state index < -0.39 is 0 Å². The van der Waals surface area contributed by atoms with Gasteiger partial charge in [0.05, 0.1) is 0 Å². The molecule has 1 aliphatic carbocycles. The second kappa shape index (κ2) is 4.27. The second-order valence-corrected chi connectivity index (χ2v) is 6.60. The van der Waals surface area contributed by atoms with E-state index in [1.165, 1.54) is 43.8 Å². The number of fused-ring (bicyclic) bond motifs is 8. The molecule has 0 radical (unpaired) electrons. The lowest BCUT2D eigenvalue weighted by molar-refractivity contribution is 0.672. The van der Waals surface area contributed by atoms with Crippen LogP contribution >= 0.6 is 0 Å². The number of benzene rings is 4. The maximum absolute atomic E-state index is 6.20. The van der Waals surface area contributed by atoms with Gasteiger partial charge in [-0.15, -0.1) is 0 Å². The molecule has 1 heterocycles. The number of rotatable bonds is 0. The monoisotopic (exact) mass is 306 g/mol. The van der Waals surface area contributed by atoms with Crippen molar-refractivity contribution >= 4 is 32.7 Å². The highest BCUT2D eigenvalue weighted by molar-refractivity contribution is 6.15. The Morgan fingerprint density at radius 3 is 2.50 bits per heavy atom. The van der Waals surface area contributed by atoms with Crippen LogP contribution in [0.3, 0.4) is 0 Å². The fourth-order valence-corrected chi connectivity index (χ4v) is 4.14. The molecule has 1 aromatic heterocycles. The summed E-state index contributed by atoms with van der Waals surface area (Å²) in [4.78, 5) is 0. The van der Waals surface area contributed by atoms with Crippen molar-refractivity contribution in [2.45, 2.75) is 6.42 Å². The second-order valence-electron chi connectivity index (χ2n) is 6.60. The number of hydrogen-bond acceptors (Lipinski definition) is 1. The van der Waals surface area contributed by atoms with Crippen LogP contribution in [0.15, 0.2) is 77.2 Å². The highest BCUT2D eigenvalue weighted by Crippen LogP contribution is 2.41. The third-order valence-corrected chi connectivity index (χ3v) is 5.27. The van der Waals surface area contributed by atoms with Crippen LogP contribution in [-0.2, 0) is 6.42 Å². The standard InChI is InChI=1S/C23H14O/c1-2-6-17-14(5-1)11-16-13-21-15(12-20(16)17)9-10-19-18-7-3-4-8-22(18)24-23(19)21/h1-10,12-13H,11H2. The Hall–Kier alpha value is -3.06. The molecule has 24 heavy (non-hydrogen) atoms. The van der Waals surface area contributed by atoms with Gasteiger partial charge in [0.15, 0.2) is 0 Å². The van der Waals surface area contributed by atoms with E-state index in [9.17, 15) is 0 Å². The van der Waals surface area contributed by atoms with E-state index in [1.807, 2.05) is 12.1 Å². The molecule has 0 N–H and O–H groups in total. The van der Waals surface area contributed by atoms with Crippen LogP contribution in [0.25, 0.3) is 43.8 Å². The van der Waals surface area contributed by atoms with E-state index in [2.05, 4.69) is 60.7 Å². The lowest BCUT2D eigenvalue weighted by Gasteiger charge is -2.05. The zero-order chi connectivity index (χ0) is 15.7. The van der Waals surface area contributed by atoms with Crippen LogP contribution in [0.4, 0.5) is 0 Å². The van der Waals surface area contributed by atoms with Crippen LogP contribution < -0.4 is 0 Å². The first-order chi connectivity index (χ1) is 11.9. The van der Waals surface area contributed by atoms with Gasteiger partial charge in [-0.25, -0.2) is 0 Å². The summed E-state index contributed by atoms with van der Waals surface area (Å²) >= 11 is 0. The van der Waals surface area contributed by atoms with Crippen molar-refractivity contribution in [2.75, 3.05) is 0 Å². The molecule has 0 saturated heterocycles. The van der Waals surface area contributed by atoms with Gasteiger partial charge >= 0.3 is 0 Å². The fraction of sp³-hybridized carbons (Fsp3) is 0.0435. The average Bonchev–Trinajstić information content (AvgIpc) is 3.18. The van der Waals surface area contributed by atoms with Gasteiger partial charge in [-0.2, -0.15) is 0 Å². The van der Waals surface area contributed by atoms with Gasteiger partial charge in [0.25, 0.3) is 0 Å². The van der Waals surface area contributed by atoms with Gasteiger partial charge in [0.1, 0.15) is 11.2 Å². The number of para-hydroxylation sites is 1. The first-order valence-electron chi connectivity index (χ1n) is 8.34. The zero-order valence-electron chi connectivity index (χ0n) is 13.0. The lowest BCUT2D eigenvalue weighted by atomic mass is 9.99. The Bertz CT molecular complexity index is 1270. The van der Waals surface area contributed by atoms with E-state index in [0.29, 0.717) is 0 Å². The van der Waals surface area contributed by atoms with Crippen molar-refractivity contribution in [1.29, 1.82) is 0 Å². The summed E-state index contributed by atoms with van der Waals surface area (Å²) in [5.41, 5.74) is 7.53. The van der Waals surface area contributed by atoms with Crippen LogP contribution in [0.2, 0.25) is 0 Å². The molecule has 6 rings (SSSR count). The Morgan fingerprint density at radius 2 is 1.50 bits per heavy atom. The molecule has 0 spiro atoms. The third kappa shape index (κ3) is 1.49. The Labute approximate surface area is 139 Å². The summed E-state index contributed by atoms with van der Waals surface area (Å²) in [6, 6.07) is 26.1. The number of furan rings is 1. The molecule has 4 aromatic carbocycles. The van der Waals surface area contributed by atoms with E-state index in [4.69, 9.17) is 4.42 Å². The lowest BCUT2D eigenvalue weighted by Crippen LogP contribution is -1.82. The molecule has 0 atom stereocenters. The summed E-state index contributed by atoms with van der Waals surface area (Å²) in [6.07, 6.45) is 1.01. The van der Waals surface area contributed by atoms with Gasteiger partial charge < -0.3 is 4.42 Å². The summed E-state index contributed by atoms with van der Waals surface area (Å²) in [7, 11) is 0.